The van der Waals surface area contributed by atoms with Crippen molar-refractivity contribution >= 4 is 11.1 Å². The summed E-state index contributed by atoms with van der Waals surface area (Å²) in [5.41, 5.74) is -7.43. The lowest BCUT2D eigenvalue weighted by molar-refractivity contribution is -0.163. The Morgan fingerprint density at radius 3 is 1.09 bits per heavy atom. The molecule has 0 atom stereocenters. The van der Waals surface area contributed by atoms with Crippen molar-refractivity contribution in [3.05, 3.63) is 140 Å². The van der Waals surface area contributed by atoms with Crippen molar-refractivity contribution in [2.75, 3.05) is 0 Å². The third-order valence-electron chi connectivity index (χ3n) is 9.47. The molecule has 0 N–H and O–H groups in total. The lowest BCUT2D eigenvalue weighted by Crippen LogP contribution is -2.18. The third-order valence-corrected chi connectivity index (χ3v) is 9.47. The zero-order valence-electron chi connectivity index (χ0n) is 27.8. The quantitative estimate of drug-likeness (QED) is 0.129. The number of hydrogen-bond donors (Lipinski definition) is 0. The fourth-order valence-corrected chi connectivity index (χ4v) is 7.19. The fraction of sp³-hybridized carbons (Fsp3) is 0.0732. The summed E-state index contributed by atoms with van der Waals surface area (Å²) in [4.78, 5) is 0. The van der Waals surface area contributed by atoms with Crippen molar-refractivity contribution < 1.29 is 52.7 Å². The maximum Gasteiger partial charge on any atom is 0.422 e. The monoisotopic (exact) mass is 788 g/mol. The first kappa shape index (κ1) is 38.0. The molecule has 0 radical (unpaired) electrons. The average molecular weight is 789 g/mol. The summed E-state index contributed by atoms with van der Waals surface area (Å²) in [6.45, 7) is 0. The Balaban J connectivity index is 1.45. The Bertz CT molecular complexity index is 2830. The number of hydrogen-bond acceptors (Lipinski definition) is 4. The van der Waals surface area contributed by atoms with Gasteiger partial charge in [0, 0.05) is 11.1 Å². The van der Waals surface area contributed by atoms with Crippen LogP contribution in [0.4, 0.5) is 52.7 Å². The Kier molecular flexibility index (Phi) is 8.59. The summed E-state index contributed by atoms with van der Waals surface area (Å²) in [5.74, 6) is -5.97. The largest absolute Gasteiger partial charge is 0.422 e. The number of halogens is 12. The predicted octanol–water partition coefficient (Wildman–Crippen LogP) is 12.2. The predicted molar refractivity (Wildman–Crippen MR) is 178 cm³/mol. The van der Waals surface area contributed by atoms with E-state index in [1.165, 1.54) is 48.5 Å². The highest BCUT2D eigenvalue weighted by atomic mass is 19.4. The molecule has 16 heteroatoms. The normalized spacial score (nSPS) is 12.8. The fourth-order valence-electron chi connectivity index (χ4n) is 7.19. The van der Waals surface area contributed by atoms with Crippen molar-refractivity contribution in [3.63, 3.8) is 0 Å². The summed E-state index contributed by atoms with van der Waals surface area (Å²) >= 11 is 0. The summed E-state index contributed by atoms with van der Waals surface area (Å²) in [6.07, 6.45) is -16.6. The SMILES string of the molecule is N#CC(C#N)=C1c2cc(-c3cc(F)c(C(F)(F)F)c(F)c3)ccc2-c2cc3c(cc21)C(=C(C#N)C#N)c1cc(-c2cc(F)c(C(F)(F)F)c(C(F)(F)F)c2)ccc1-3. The first-order chi connectivity index (χ1) is 26.7. The molecule has 0 bridgehead atoms. The van der Waals surface area contributed by atoms with Gasteiger partial charge in [0.05, 0.1) is 5.56 Å². The Labute approximate surface area is 312 Å². The molecule has 0 saturated carbocycles. The zero-order chi connectivity index (χ0) is 41.5. The molecule has 5 aromatic rings. The first-order valence-corrected chi connectivity index (χ1v) is 15.9. The van der Waals surface area contributed by atoms with Crippen molar-refractivity contribution in [1.29, 1.82) is 21.0 Å². The Morgan fingerprint density at radius 2 is 0.719 bits per heavy atom. The molecular weight excluding hydrogens is 776 g/mol. The number of nitriles is 4. The van der Waals surface area contributed by atoms with Crippen molar-refractivity contribution in [1.82, 2.24) is 0 Å². The second-order valence-corrected chi connectivity index (χ2v) is 12.6. The van der Waals surface area contributed by atoms with Crippen LogP contribution in [0.25, 0.3) is 55.7 Å². The van der Waals surface area contributed by atoms with Gasteiger partial charge in [-0.1, -0.05) is 24.3 Å². The molecule has 2 aliphatic rings. The second kappa shape index (κ2) is 12.9. The third kappa shape index (κ3) is 6.03. The van der Waals surface area contributed by atoms with Gasteiger partial charge in [0.1, 0.15) is 64.0 Å². The summed E-state index contributed by atoms with van der Waals surface area (Å²) in [7, 11) is 0. The van der Waals surface area contributed by atoms with Gasteiger partial charge in [-0.05, 0) is 115 Å². The maximum atomic E-state index is 14.8. The van der Waals surface area contributed by atoms with Crippen LogP contribution in [0.1, 0.15) is 38.9 Å². The summed E-state index contributed by atoms with van der Waals surface area (Å²) in [5, 5.41) is 39.8. The van der Waals surface area contributed by atoms with E-state index in [0.717, 1.165) is 0 Å². The molecule has 5 aromatic carbocycles. The highest BCUT2D eigenvalue weighted by Crippen LogP contribution is 2.55. The molecule has 0 amide bonds. The van der Waals surface area contributed by atoms with Gasteiger partial charge in [-0.3, -0.25) is 0 Å². The van der Waals surface area contributed by atoms with E-state index in [1.54, 1.807) is 24.3 Å². The van der Waals surface area contributed by atoms with E-state index in [0.29, 0.717) is 28.8 Å². The van der Waals surface area contributed by atoms with E-state index in [2.05, 4.69) is 0 Å². The van der Waals surface area contributed by atoms with Crippen LogP contribution in [-0.4, -0.2) is 0 Å². The average Bonchev–Trinajstić information content (AvgIpc) is 3.61. The van der Waals surface area contributed by atoms with Gasteiger partial charge >= 0.3 is 18.5 Å². The van der Waals surface area contributed by atoms with Crippen LogP contribution in [0.5, 0.6) is 0 Å². The molecule has 4 nitrogen and oxygen atoms in total. The summed E-state index contributed by atoms with van der Waals surface area (Å²) in [6, 6.07) is 19.0. The van der Waals surface area contributed by atoms with E-state index in [-0.39, 0.29) is 67.8 Å². The number of benzene rings is 5. The van der Waals surface area contributed by atoms with E-state index < -0.39 is 69.4 Å². The highest BCUT2D eigenvalue weighted by molar-refractivity contribution is 6.11. The number of rotatable bonds is 2. The topological polar surface area (TPSA) is 95.2 Å². The minimum absolute atomic E-state index is 0.00329. The van der Waals surface area contributed by atoms with Gasteiger partial charge in [-0.25, -0.2) is 13.2 Å². The van der Waals surface area contributed by atoms with Crippen LogP contribution in [0.2, 0.25) is 0 Å². The van der Waals surface area contributed by atoms with Crippen LogP contribution in [0.15, 0.2) is 83.9 Å². The Morgan fingerprint density at radius 1 is 0.368 bits per heavy atom. The summed E-state index contributed by atoms with van der Waals surface area (Å²) < 4.78 is 166. The molecule has 0 saturated heterocycles. The molecular formula is C41H12F12N4. The minimum Gasteiger partial charge on any atom is -0.206 e. The van der Waals surface area contributed by atoms with E-state index in [4.69, 9.17) is 0 Å². The molecule has 0 aromatic heterocycles. The zero-order valence-corrected chi connectivity index (χ0v) is 27.8. The molecule has 0 spiro atoms. The van der Waals surface area contributed by atoms with Gasteiger partial charge < -0.3 is 0 Å². The van der Waals surface area contributed by atoms with Crippen LogP contribution < -0.4 is 0 Å². The lowest BCUT2D eigenvalue weighted by atomic mass is 9.92. The maximum absolute atomic E-state index is 14.8. The van der Waals surface area contributed by atoms with Gasteiger partial charge in [0.25, 0.3) is 0 Å². The molecule has 0 unspecified atom stereocenters. The standard InChI is InChI=1S/C41H12F12N4/c42-32-8-19(7-31(39(45,46)47)37(32)40(48,49)50)17-1-3-23-25-11-26-24-4-2-18(20-9-33(43)38(34(44)10-20)41(51,52)53)6-28(24)36(22(15-56)16-57)30(26)12-29(25)35(27(23)5-17)21(13-54)14-55/h1-12H. The van der Waals surface area contributed by atoms with Crippen LogP contribution in [0, 0.1) is 62.8 Å². The number of alkyl halides is 9. The number of fused-ring (bicyclic) bond motifs is 6. The molecule has 2 aliphatic carbocycles. The smallest absolute Gasteiger partial charge is 0.206 e. The van der Waals surface area contributed by atoms with E-state index in [1.807, 2.05) is 0 Å². The van der Waals surface area contributed by atoms with Crippen LogP contribution >= 0.6 is 0 Å². The number of allylic oxidation sites excluding steroid dienone is 2. The molecule has 57 heavy (non-hydrogen) atoms. The van der Waals surface area contributed by atoms with Crippen molar-refractivity contribution in [2.24, 2.45) is 0 Å². The highest BCUT2D eigenvalue weighted by Gasteiger charge is 2.46. The Hall–Kier alpha value is -7.30. The van der Waals surface area contributed by atoms with E-state index >= 15 is 0 Å². The molecule has 7 rings (SSSR count). The minimum atomic E-state index is -5.69. The number of nitrogens with zero attached hydrogens (tertiary/aromatic N) is 4. The van der Waals surface area contributed by atoms with Crippen molar-refractivity contribution in [2.45, 2.75) is 18.5 Å². The second-order valence-electron chi connectivity index (χ2n) is 12.6. The van der Waals surface area contributed by atoms with Gasteiger partial charge in [0.2, 0.25) is 0 Å². The first-order valence-electron chi connectivity index (χ1n) is 15.9. The molecule has 0 fully saturated rings. The molecule has 0 aliphatic heterocycles. The van der Waals surface area contributed by atoms with Crippen LogP contribution in [0.3, 0.4) is 0 Å². The van der Waals surface area contributed by atoms with Gasteiger partial charge in [-0.2, -0.15) is 60.6 Å². The van der Waals surface area contributed by atoms with Crippen LogP contribution in [-0.2, 0) is 18.5 Å². The molecule has 0 heterocycles. The molecule has 280 valence electrons. The van der Waals surface area contributed by atoms with Gasteiger partial charge in [0.15, 0.2) is 0 Å². The van der Waals surface area contributed by atoms with Crippen molar-refractivity contribution in [3.8, 4) is 68.8 Å². The van der Waals surface area contributed by atoms with E-state index in [9.17, 15) is 73.7 Å². The lowest BCUT2D eigenvalue weighted by Gasteiger charge is -2.18. The van der Waals surface area contributed by atoms with Gasteiger partial charge in [-0.15, -0.1) is 0 Å².